The third kappa shape index (κ3) is 3.87. The maximum absolute atomic E-state index is 12.0. The van der Waals surface area contributed by atoms with Crippen LogP contribution in [0.1, 0.15) is 58.3 Å². The van der Waals surface area contributed by atoms with Crippen molar-refractivity contribution in [3.63, 3.8) is 0 Å². The number of nitrogens with one attached hydrogen (secondary N) is 1. The molecule has 1 spiro atoms. The smallest absolute Gasteiger partial charge is 0.168 e. The molecule has 0 aromatic heterocycles. The molecule has 2 aliphatic carbocycles. The van der Waals surface area contributed by atoms with Crippen molar-refractivity contribution in [3.05, 3.63) is 0 Å². The highest BCUT2D eigenvalue weighted by Gasteiger charge is 2.40. The molecule has 21 heavy (non-hydrogen) atoms. The molecule has 1 heterocycles. The summed E-state index contributed by atoms with van der Waals surface area (Å²) in [6, 6.07) is 1.14. The molecule has 5 heteroatoms. The minimum absolute atomic E-state index is 0.253. The Morgan fingerprint density at radius 3 is 2.48 bits per heavy atom. The first kappa shape index (κ1) is 15.9. The summed E-state index contributed by atoms with van der Waals surface area (Å²) in [5, 5.41) is 4.24. The zero-order valence-electron chi connectivity index (χ0n) is 13.1. The molecule has 1 saturated heterocycles. The number of hydrogen-bond donors (Lipinski definition) is 1. The van der Waals surface area contributed by atoms with Crippen LogP contribution in [0.4, 0.5) is 0 Å². The van der Waals surface area contributed by atoms with E-state index in [1.807, 2.05) is 6.92 Å². The van der Waals surface area contributed by atoms with Crippen molar-refractivity contribution in [2.75, 3.05) is 19.0 Å². The van der Waals surface area contributed by atoms with Crippen LogP contribution in [-0.4, -0.2) is 46.3 Å². The molecule has 3 rings (SSSR count). The van der Waals surface area contributed by atoms with Gasteiger partial charge in [-0.25, -0.2) is 0 Å². The first-order valence-electron chi connectivity index (χ1n) is 8.62. The lowest BCUT2D eigenvalue weighted by Crippen LogP contribution is -2.47. The monoisotopic (exact) mass is 315 g/mol. The molecule has 0 radical (unpaired) electrons. The molecule has 0 aromatic carbocycles. The third-order valence-electron chi connectivity index (χ3n) is 5.31. The van der Waals surface area contributed by atoms with E-state index in [2.05, 4.69) is 5.32 Å². The maximum Gasteiger partial charge on any atom is 0.168 e. The Morgan fingerprint density at radius 1 is 1.10 bits per heavy atom. The van der Waals surface area contributed by atoms with Gasteiger partial charge in [-0.3, -0.25) is 4.21 Å². The summed E-state index contributed by atoms with van der Waals surface area (Å²) in [6.07, 6.45) is 9.01. The van der Waals surface area contributed by atoms with Gasteiger partial charge in [0.15, 0.2) is 5.79 Å². The maximum atomic E-state index is 12.0. The topological polar surface area (TPSA) is 47.6 Å². The molecular weight excluding hydrogens is 286 g/mol. The van der Waals surface area contributed by atoms with Gasteiger partial charge in [-0.2, -0.15) is 0 Å². The van der Waals surface area contributed by atoms with Crippen molar-refractivity contribution in [2.45, 2.75) is 81.4 Å². The van der Waals surface area contributed by atoms with Crippen LogP contribution < -0.4 is 5.32 Å². The second-order valence-electron chi connectivity index (χ2n) is 6.70. The van der Waals surface area contributed by atoms with Gasteiger partial charge in [0, 0.05) is 46.7 Å². The van der Waals surface area contributed by atoms with Gasteiger partial charge in [-0.1, -0.05) is 13.3 Å². The lowest BCUT2D eigenvalue weighted by atomic mass is 9.87. The Labute approximate surface area is 130 Å². The van der Waals surface area contributed by atoms with E-state index in [4.69, 9.17) is 9.47 Å². The Hall–Kier alpha value is 0.0300. The van der Waals surface area contributed by atoms with Crippen LogP contribution in [0.5, 0.6) is 0 Å². The third-order valence-corrected chi connectivity index (χ3v) is 7.06. The Kier molecular flexibility index (Phi) is 5.36. The van der Waals surface area contributed by atoms with Crippen molar-refractivity contribution < 1.29 is 13.7 Å². The fourth-order valence-corrected chi connectivity index (χ4v) is 5.46. The molecule has 1 aliphatic heterocycles. The zero-order valence-corrected chi connectivity index (χ0v) is 14.0. The van der Waals surface area contributed by atoms with Crippen LogP contribution >= 0.6 is 0 Å². The van der Waals surface area contributed by atoms with Gasteiger partial charge in [-0.05, 0) is 32.1 Å². The summed E-state index contributed by atoms with van der Waals surface area (Å²) in [5.74, 6) is 0.551. The van der Waals surface area contributed by atoms with E-state index in [-0.39, 0.29) is 5.79 Å². The van der Waals surface area contributed by atoms with Crippen molar-refractivity contribution in [1.82, 2.24) is 5.32 Å². The average Bonchev–Trinajstić information content (AvgIpc) is 2.98. The van der Waals surface area contributed by atoms with Crippen molar-refractivity contribution in [1.29, 1.82) is 0 Å². The zero-order chi connectivity index (χ0) is 14.7. The lowest BCUT2D eigenvalue weighted by molar-refractivity contribution is -0.179. The Balaban J connectivity index is 1.45. The second kappa shape index (κ2) is 7.07. The standard InChI is InChI=1S/C16H29NO3S/c1-2-21(18)15-5-3-4-14(12-15)17-13-6-8-16(9-7-13)19-10-11-20-16/h13-15,17H,2-12H2,1H3/t14-,15+,21+/m0/s1. The van der Waals surface area contributed by atoms with Gasteiger partial charge in [0.25, 0.3) is 0 Å². The van der Waals surface area contributed by atoms with E-state index in [1.165, 1.54) is 12.8 Å². The van der Waals surface area contributed by atoms with Crippen LogP contribution in [0.25, 0.3) is 0 Å². The van der Waals surface area contributed by atoms with Crippen LogP contribution in [0.3, 0.4) is 0 Å². The van der Waals surface area contributed by atoms with Gasteiger partial charge in [0.05, 0.1) is 13.2 Å². The second-order valence-corrected chi connectivity index (χ2v) is 8.71. The Bertz CT molecular complexity index is 361. The van der Waals surface area contributed by atoms with Gasteiger partial charge in [-0.15, -0.1) is 0 Å². The Morgan fingerprint density at radius 2 is 1.81 bits per heavy atom. The van der Waals surface area contributed by atoms with Crippen molar-refractivity contribution in [2.24, 2.45) is 0 Å². The molecule has 0 aromatic rings. The van der Waals surface area contributed by atoms with E-state index < -0.39 is 10.8 Å². The van der Waals surface area contributed by atoms with E-state index >= 15 is 0 Å². The highest BCUT2D eigenvalue weighted by Crippen LogP contribution is 2.36. The van der Waals surface area contributed by atoms with E-state index in [9.17, 15) is 4.21 Å². The summed E-state index contributed by atoms with van der Waals surface area (Å²) in [5.41, 5.74) is 0. The summed E-state index contributed by atoms with van der Waals surface area (Å²) >= 11 is 0. The van der Waals surface area contributed by atoms with Crippen LogP contribution in [-0.2, 0) is 20.3 Å². The van der Waals surface area contributed by atoms with Crippen LogP contribution in [0.2, 0.25) is 0 Å². The van der Waals surface area contributed by atoms with Gasteiger partial charge >= 0.3 is 0 Å². The predicted octanol–water partition coefficient (Wildman–Crippen LogP) is 2.34. The summed E-state index contributed by atoms with van der Waals surface area (Å²) < 4.78 is 23.6. The molecule has 3 fully saturated rings. The van der Waals surface area contributed by atoms with E-state index in [0.29, 0.717) is 17.3 Å². The molecule has 0 bridgehead atoms. The van der Waals surface area contributed by atoms with E-state index in [1.54, 1.807) is 0 Å². The largest absolute Gasteiger partial charge is 0.348 e. The normalized spacial score (nSPS) is 35.1. The van der Waals surface area contributed by atoms with Gasteiger partial charge < -0.3 is 14.8 Å². The molecule has 4 nitrogen and oxygen atoms in total. The fraction of sp³-hybridized carbons (Fsp3) is 1.00. The molecule has 3 aliphatic rings. The SMILES string of the molecule is CC[S@@](=O)[C@@H]1CCC[C@H](NC2CCC3(CC2)OCCO3)C1. The minimum Gasteiger partial charge on any atom is -0.348 e. The fourth-order valence-electron chi connectivity index (χ4n) is 4.11. The highest BCUT2D eigenvalue weighted by molar-refractivity contribution is 7.85. The number of hydrogen-bond acceptors (Lipinski definition) is 4. The predicted molar refractivity (Wildman–Crippen MR) is 84.8 cm³/mol. The van der Waals surface area contributed by atoms with Crippen molar-refractivity contribution >= 4 is 10.8 Å². The summed E-state index contributed by atoms with van der Waals surface area (Å²) in [6.45, 7) is 3.55. The molecule has 1 N–H and O–H groups in total. The van der Waals surface area contributed by atoms with Crippen LogP contribution in [0.15, 0.2) is 0 Å². The molecule has 3 atom stereocenters. The molecule has 0 unspecified atom stereocenters. The molecule has 2 saturated carbocycles. The molecular formula is C16H29NO3S. The summed E-state index contributed by atoms with van der Waals surface area (Å²) in [4.78, 5) is 0. The molecule has 122 valence electrons. The number of rotatable bonds is 4. The lowest BCUT2D eigenvalue weighted by Gasteiger charge is -2.38. The van der Waals surface area contributed by atoms with E-state index in [0.717, 1.165) is 57.5 Å². The first-order chi connectivity index (χ1) is 10.2. The van der Waals surface area contributed by atoms with Gasteiger partial charge in [0.1, 0.15) is 0 Å². The minimum atomic E-state index is -0.628. The summed E-state index contributed by atoms with van der Waals surface area (Å²) in [7, 11) is -0.628. The van der Waals surface area contributed by atoms with Crippen LogP contribution in [0, 0.1) is 0 Å². The van der Waals surface area contributed by atoms with Gasteiger partial charge in [0.2, 0.25) is 0 Å². The molecule has 0 amide bonds. The highest BCUT2D eigenvalue weighted by atomic mass is 32.2. The quantitative estimate of drug-likeness (QED) is 0.865. The first-order valence-corrected chi connectivity index (χ1v) is 10.00. The van der Waals surface area contributed by atoms with Crippen molar-refractivity contribution in [3.8, 4) is 0 Å². The number of ether oxygens (including phenoxy) is 2. The average molecular weight is 315 g/mol.